The number of aromatic nitrogens is 3. The summed E-state index contributed by atoms with van der Waals surface area (Å²) in [6.45, 7) is 4.75. The van der Waals surface area contributed by atoms with Crippen molar-refractivity contribution < 1.29 is 4.79 Å². The molecule has 0 radical (unpaired) electrons. The zero-order valence-electron chi connectivity index (χ0n) is 20.6. The lowest BCUT2D eigenvalue weighted by Crippen LogP contribution is -2.20. The van der Waals surface area contributed by atoms with Gasteiger partial charge < -0.3 is 19.9 Å². The summed E-state index contributed by atoms with van der Waals surface area (Å²) in [7, 11) is 2.02. The molecule has 0 aliphatic rings. The highest BCUT2D eigenvalue weighted by Gasteiger charge is 2.14. The molecule has 5 rings (SSSR count). The Hall–Kier alpha value is -4.65. The number of hydrogen-bond acceptors (Lipinski definition) is 4. The normalized spacial score (nSPS) is 10.9. The number of imidazole rings is 1. The van der Waals surface area contributed by atoms with Gasteiger partial charge in [0.2, 0.25) is 0 Å². The van der Waals surface area contributed by atoms with Crippen molar-refractivity contribution in [2.75, 3.05) is 22.6 Å². The highest BCUT2D eigenvalue weighted by molar-refractivity contribution is 6.00. The molecule has 2 N–H and O–H groups in total. The van der Waals surface area contributed by atoms with Gasteiger partial charge in [-0.25, -0.2) is 14.8 Å². The monoisotopic (exact) mass is 476 g/mol. The Balaban J connectivity index is 1.40. The van der Waals surface area contributed by atoms with Crippen LogP contribution in [0.2, 0.25) is 0 Å². The molecule has 7 heteroatoms. The molecule has 0 bridgehead atoms. The number of carbonyl (C=O) groups is 1. The molecule has 7 nitrogen and oxygen atoms in total. The quantitative estimate of drug-likeness (QED) is 0.302. The summed E-state index contributed by atoms with van der Waals surface area (Å²) in [6, 6.07) is 23.6. The van der Waals surface area contributed by atoms with Gasteiger partial charge in [-0.15, -0.1) is 0 Å². The van der Waals surface area contributed by atoms with Crippen LogP contribution in [0.1, 0.15) is 16.7 Å². The van der Waals surface area contributed by atoms with E-state index in [0.29, 0.717) is 12.2 Å². The van der Waals surface area contributed by atoms with Crippen molar-refractivity contribution in [2.45, 2.75) is 20.4 Å². The molecule has 3 aromatic carbocycles. The summed E-state index contributed by atoms with van der Waals surface area (Å²) < 4.78 is 1.98. The highest BCUT2D eigenvalue weighted by atomic mass is 16.2. The molecule has 0 aliphatic carbocycles. The summed E-state index contributed by atoms with van der Waals surface area (Å²) in [6.07, 6.45) is 5.65. The molecule has 0 saturated heterocycles. The van der Waals surface area contributed by atoms with Crippen LogP contribution in [-0.2, 0) is 6.54 Å². The van der Waals surface area contributed by atoms with Gasteiger partial charge in [0.25, 0.3) is 0 Å². The Morgan fingerprint density at radius 3 is 2.58 bits per heavy atom. The SMILES string of the molecule is Cc1ccc(CN(C)c2nc(-c3cccc(NC(=O)Nc4ccccc4C)c3)cn3ccnc23)cc1. The van der Waals surface area contributed by atoms with Crippen molar-refractivity contribution in [1.82, 2.24) is 14.4 Å². The number of urea groups is 1. The van der Waals surface area contributed by atoms with E-state index < -0.39 is 0 Å². The van der Waals surface area contributed by atoms with E-state index in [9.17, 15) is 4.79 Å². The van der Waals surface area contributed by atoms with E-state index in [1.807, 2.05) is 79.3 Å². The zero-order chi connectivity index (χ0) is 25.1. The average Bonchev–Trinajstić information content (AvgIpc) is 3.35. The number of rotatable bonds is 6. The zero-order valence-corrected chi connectivity index (χ0v) is 20.6. The number of fused-ring (bicyclic) bond motifs is 1. The first-order valence-electron chi connectivity index (χ1n) is 11.8. The van der Waals surface area contributed by atoms with E-state index in [-0.39, 0.29) is 6.03 Å². The molecule has 0 saturated carbocycles. The maximum absolute atomic E-state index is 12.6. The number of carbonyl (C=O) groups excluding carboxylic acids is 1. The summed E-state index contributed by atoms with van der Waals surface area (Å²) >= 11 is 0. The fraction of sp³-hybridized carbons (Fsp3) is 0.138. The standard InChI is InChI=1S/C29H28N6O/c1-20-11-13-22(14-12-20)18-34(3)28-27-30-15-16-35(27)19-26(32-28)23-8-6-9-24(17-23)31-29(36)33-25-10-5-4-7-21(25)2/h4-17,19H,18H2,1-3H3,(H2,31,33,36). The van der Waals surface area contributed by atoms with E-state index in [1.165, 1.54) is 11.1 Å². The first-order valence-corrected chi connectivity index (χ1v) is 11.8. The fourth-order valence-corrected chi connectivity index (χ4v) is 4.11. The van der Waals surface area contributed by atoms with Gasteiger partial charge in [0.05, 0.1) is 5.69 Å². The van der Waals surface area contributed by atoms with Crippen molar-refractivity contribution in [3.63, 3.8) is 0 Å². The summed E-state index contributed by atoms with van der Waals surface area (Å²) in [5.41, 5.74) is 7.37. The smallest absolute Gasteiger partial charge is 0.323 e. The molecular formula is C29H28N6O. The van der Waals surface area contributed by atoms with Crippen LogP contribution in [0.15, 0.2) is 91.4 Å². The Kier molecular flexibility index (Phi) is 6.36. The Bertz CT molecular complexity index is 1520. The first-order chi connectivity index (χ1) is 17.5. The molecule has 2 aromatic heterocycles. The van der Waals surface area contributed by atoms with Gasteiger partial charge >= 0.3 is 6.03 Å². The molecule has 0 fully saturated rings. The lowest BCUT2D eigenvalue weighted by Gasteiger charge is -2.20. The van der Waals surface area contributed by atoms with Crippen molar-refractivity contribution in [3.8, 4) is 11.3 Å². The maximum atomic E-state index is 12.6. The molecule has 36 heavy (non-hydrogen) atoms. The van der Waals surface area contributed by atoms with E-state index >= 15 is 0 Å². The largest absolute Gasteiger partial charge is 0.352 e. The van der Waals surface area contributed by atoms with Crippen LogP contribution in [0.3, 0.4) is 0 Å². The van der Waals surface area contributed by atoms with Crippen LogP contribution >= 0.6 is 0 Å². The molecule has 0 aliphatic heterocycles. The summed E-state index contributed by atoms with van der Waals surface area (Å²) in [5, 5.41) is 5.83. The molecule has 5 aromatic rings. The van der Waals surface area contributed by atoms with Crippen molar-refractivity contribution in [2.24, 2.45) is 0 Å². The Labute approximate surface area is 210 Å². The Morgan fingerprint density at radius 1 is 0.972 bits per heavy atom. The summed E-state index contributed by atoms with van der Waals surface area (Å²) in [4.78, 5) is 24.2. The second-order valence-corrected chi connectivity index (χ2v) is 8.92. The second kappa shape index (κ2) is 9.92. The van der Waals surface area contributed by atoms with Gasteiger partial charge in [-0.1, -0.05) is 60.2 Å². The van der Waals surface area contributed by atoms with E-state index in [1.54, 1.807) is 6.20 Å². The lowest BCUT2D eigenvalue weighted by atomic mass is 10.1. The number of para-hydroxylation sites is 1. The maximum Gasteiger partial charge on any atom is 0.323 e. The molecule has 0 unspecified atom stereocenters. The van der Waals surface area contributed by atoms with Gasteiger partial charge in [0, 0.05) is 49.1 Å². The van der Waals surface area contributed by atoms with Crippen molar-refractivity contribution in [3.05, 3.63) is 108 Å². The average molecular weight is 477 g/mol. The molecule has 180 valence electrons. The number of nitrogens with zero attached hydrogens (tertiary/aromatic N) is 4. The number of nitrogens with one attached hydrogen (secondary N) is 2. The number of aryl methyl sites for hydroxylation is 2. The third-order valence-corrected chi connectivity index (χ3v) is 6.07. The van der Waals surface area contributed by atoms with E-state index in [2.05, 4.69) is 51.7 Å². The molecule has 2 amide bonds. The number of hydrogen-bond donors (Lipinski definition) is 2. The number of anilines is 3. The predicted molar refractivity (Wildman–Crippen MR) is 146 cm³/mol. The second-order valence-electron chi connectivity index (χ2n) is 8.92. The summed E-state index contributed by atoms with van der Waals surface area (Å²) in [5.74, 6) is 0.786. The van der Waals surface area contributed by atoms with Gasteiger partial charge in [0.1, 0.15) is 0 Å². The third kappa shape index (κ3) is 5.05. The highest BCUT2D eigenvalue weighted by Crippen LogP contribution is 2.27. The minimum Gasteiger partial charge on any atom is -0.352 e. The molecular weight excluding hydrogens is 448 g/mol. The van der Waals surface area contributed by atoms with Gasteiger partial charge in [-0.3, -0.25) is 0 Å². The minimum absolute atomic E-state index is 0.294. The first kappa shape index (κ1) is 23.1. The topological polar surface area (TPSA) is 74.6 Å². The lowest BCUT2D eigenvalue weighted by molar-refractivity contribution is 0.262. The van der Waals surface area contributed by atoms with Crippen LogP contribution in [0, 0.1) is 13.8 Å². The van der Waals surface area contributed by atoms with Crippen LogP contribution in [0.5, 0.6) is 0 Å². The molecule has 0 atom stereocenters. The van der Waals surface area contributed by atoms with E-state index in [0.717, 1.165) is 34.0 Å². The molecule has 0 spiro atoms. The van der Waals surface area contributed by atoms with Crippen LogP contribution in [-0.4, -0.2) is 27.4 Å². The number of benzene rings is 3. The van der Waals surface area contributed by atoms with Gasteiger partial charge in [-0.05, 0) is 43.2 Å². The van der Waals surface area contributed by atoms with Crippen molar-refractivity contribution in [1.29, 1.82) is 0 Å². The van der Waals surface area contributed by atoms with E-state index in [4.69, 9.17) is 4.98 Å². The van der Waals surface area contributed by atoms with Crippen LogP contribution < -0.4 is 15.5 Å². The molecule has 2 heterocycles. The minimum atomic E-state index is -0.294. The van der Waals surface area contributed by atoms with Crippen molar-refractivity contribution >= 4 is 28.9 Å². The fourth-order valence-electron chi connectivity index (χ4n) is 4.11. The van der Waals surface area contributed by atoms with Gasteiger partial charge in [0.15, 0.2) is 11.5 Å². The Morgan fingerprint density at radius 2 is 1.78 bits per heavy atom. The van der Waals surface area contributed by atoms with Gasteiger partial charge in [-0.2, -0.15) is 0 Å². The predicted octanol–water partition coefficient (Wildman–Crippen LogP) is 6.29. The van der Waals surface area contributed by atoms with Crippen LogP contribution in [0.4, 0.5) is 22.0 Å². The van der Waals surface area contributed by atoms with Crippen LogP contribution in [0.25, 0.3) is 16.9 Å². The number of amides is 2. The third-order valence-electron chi connectivity index (χ3n) is 6.07.